The quantitative estimate of drug-likeness (QED) is 0.759. The van der Waals surface area contributed by atoms with Crippen molar-refractivity contribution >= 4 is 17.4 Å². The minimum Gasteiger partial charge on any atom is -0.359 e. The van der Waals surface area contributed by atoms with E-state index >= 15 is 0 Å². The van der Waals surface area contributed by atoms with Crippen LogP contribution < -0.4 is 10.2 Å². The first-order valence-corrected chi connectivity index (χ1v) is 8.11. The van der Waals surface area contributed by atoms with Crippen LogP contribution in [0.4, 0.5) is 20.3 Å². The highest BCUT2D eigenvalue weighted by Crippen LogP contribution is 2.37. The van der Waals surface area contributed by atoms with Gasteiger partial charge < -0.3 is 5.32 Å². The van der Waals surface area contributed by atoms with Crippen molar-refractivity contribution in [1.29, 1.82) is 0 Å². The largest absolute Gasteiger partial charge is 0.359 e. The van der Waals surface area contributed by atoms with Crippen LogP contribution in [0.1, 0.15) is 27.7 Å². The second-order valence-electron chi connectivity index (χ2n) is 6.12. The number of halogens is 2. The van der Waals surface area contributed by atoms with E-state index in [9.17, 15) is 13.6 Å². The van der Waals surface area contributed by atoms with E-state index in [1.807, 2.05) is 25.1 Å². The van der Waals surface area contributed by atoms with E-state index in [0.717, 1.165) is 11.6 Å². The van der Waals surface area contributed by atoms with Crippen molar-refractivity contribution in [3.63, 3.8) is 0 Å². The number of fused-ring (bicyclic) bond motifs is 1. The van der Waals surface area contributed by atoms with Crippen LogP contribution in [0, 0.1) is 18.6 Å². The fourth-order valence-corrected chi connectivity index (χ4v) is 3.10. The number of nitrogens with one attached hydrogen (secondary N) is 1. The number of carbonyl (C=O) groups excluding carboxylic acids is 1. The summed E-state index contributed by atoms with van der Waals surface area (Å²) in [4.78, 5) is 18.7. The lowest BCUT2D eigenvalue weighted by Gasteiger charge is -2.26. The summed E-state index contributed by atoms with van der Waals surface area (Å²) in [6, 6.07) is 14.0. The van der Waals surface area contributed by atoms with Gasteiger partial charge in [0.25, 0.3) is 5.91 Å². The van der Waals surface area contributed by atoms with Gasteiger partial charge in [-0.1, -0.05) is 18.2 Å². The first-order valence-electron chi connectivity index (χ1n) is 8.11. The van der Waals surface area contributed by atoms with Gasteiger partial charge in [-0.3, -0.25) is 9.69 Å². The van der Waals surface area contributed by atoms with Gasteiger partial charge in [0.05, 0.1) is 5.69 Å². The molecule has 1 aliphatic rings. The highest BCUT2D eigenvalue weighted by Gasteiger charge is 2.38. The molecule has 0 radical (unpaired) electrons. The molecule has 0 fully saturated rings. The molecule has 4 nitrogen and oxygen atoms in total. The predicted molar refractivity (Wildman–Crippen MR) is 94.9 cm³/mol. The molecular weight excluding hydrogens is 336 g/mol. The second-order valence-corrected chi connectivity index (χ2v) is 6.12. The van der Waals surface area contributed by atoms with E-state index < -0.39 is 17.8 Å². The smallest absolute Gasteiger partial charge is 0.261 e. The SMILES string of the molecule is Cc1ccnc(N2C(=O)c3ccccc3C2Nc2ccc(F)cc2F)c1. The van der Waals surface area contributed by atoms with Gasteiger partial charge in [0.1, 0.15) is 23.6 Å². The third-order valence-electron chi connectivity index (χ3n) is 4.33. The minimum atomic E-state index is -0.723. The lowest BCUT2D eigenvalue weighted by molar-refractivity contribution is 0.0992. The third-order valence-corrected chi connectivity index (χ3v) is 4.33. The second kappa shape index (κ2) is 6.22. The van der Waals surface area contributed by atoms with Crippen molar-refractivity contribution in [2.45, 2.75) is 13.1 Å². The lowest BCUT2D eigenvalue weighted by atomic mass is 10.1. The zero-order valence-electron chi connectivity index (χ0n) is 13.9. The third kappa shape index (κ3) is 2.69. The van der Waals surface area contributed by atoms with Crippen molar-refractivity contribution in [2.75, 3.05) is 10.2 Å². The molecule has 1 atom stereocenters. The summed E-state index contributed by atoms with van der Waals surface area (Å²) in [5, 5.41) is 3.01. The van der Waals surface area contributed by atoms with Crippen LogP contribution in [0.3, 0.4) is 0 Å². The fraction of sp³-hybridized carbons (Fsp3) is 0.100. The van der Waals surface area contributed by atoms with Crippen LogP contribution >= 0.6 is 0 Å². The Morgan fingerprint density at radius 1 is 1.08 bits per heavy atom. The van der Waals surface area contributed by atoms with Gasteiger partial charge in [0.2, 0.25) is 0 Å². The number of aryl methyl sites for hydroxylation is 1. The summed E-state index contributed by atoms with van der Waals surface area (Å²) >= 11 is 0. The average molecular weight is 351 g/mol. The number of rotatable bonds is 3. The molecule has 6 heteroatoms. The summed E-state index contributed by atoms with van der Waals surface area (Å²) in [7, 11) is 0. The van der Waals surface area contributed by atoms with E-state index in [1.165, 1.54) is 17.0 Å². The highest BCUT2D eigenvalue weighted by molar-refractivity contribution is 6.11. The van der Waals surface area contributed by atoms with E-state index in [1.54, 1.807) is 24.4 Å². The predicted octanol–water partition coefficient (Wildman–Crippen LogP) is 4.44. The minimum absolute atomic E-state index is 0.110. The van der Waals surface area contributed by atoms with Crippen molar-refractivity contribution in [3.05, 3.63) is 89.1 Å². The lowest BCUT2D eigenvalue weighted by Crippen LogP contribution is -2.33. The Hall–Kier alpha value is -3.28. The molecule has 4 rings (SSSR count). The number of hydrogen-bond donors (Lipinski definition) is 1. The van der Waals surface area contributed by atoms with Gasteiger partial charge >= 0.3 is 0 Å². The van der Waals surface area contributed by atoms with E-state index in [2.05, 4.69) is 10.3 Å². The van der Waals surface area contributed by atoms with Crippen LogP contribution in [-0.4, -0.2) is 10.9 Å². The molecule has 0 saturated heterocycles. The van der Waals surface area contributed by atoms with Gasteiger partial charge in [0, 0.05) is 23.4 Å². The molecule has 0 aliphatic carbocycles. The number of carbonyl (C=O) groups is 1. The maximum atomic E-state index is 14.1. The maximum Gasteiger partial charge on any atom is 0.261 e. The van der Waals surface area contributed by atoms with Crippen molar-refractivity contribution in [1.82, 2.24) is 4.98 Å². The molecule has 0 bridgehead atoms. The Morgan fingerprint density at radius 2 is 1.88 bits per heavy atom. The summed E-state index contributed by atoms with van der Waals surface area (Å²) < 4.78 is 27.4. The molecule has 2 aromatic carbocycles. The highest BCUT2D eigenvalue weighted by atomic mass is 19.1. The zero-order valence-corrected chi connectivity index (χ0v) is 13.9. The van der Waals surface area contributed by atoms with Crippen molar-refractivity contribution in [2.24, 2.45) is 0 Å². The number of nitrogens with zero attached hydrogens (tertiary/aromatic N) is 2. The zero-order chi connectivity index (χ0) is 18.3. The summed E-state index contributed by atoms with van der Waals surface area (Å²) in [5.41, 5.74) is 2.30. The molecule has 1 N–H and O–H groups in total. The number of amides is 1. The Labute approximate surface area is 149 Å². The molecule has 1 unspecified atom stereocenters. The molecule has 3 aromatic rings. The van der Waals surface area contributed by atoms with Crippen molar-refractivity contribution < 1.29 is 13.6 Å². The Morgan fingerprint density at radius 3 is 2.65 bits per heavy atom. The van der Waals surface area contributed by atoms with Gasteiger partial charge in [-0.05, 0) is 42.8 Å². The number of aromatic nitrogens is 1. The summed E-state index contributed by atoms with van der Waals surface area (Å²) in [5.74, 6) is -1.14. The Balaban J connectivity index is 1.81. The van der Waals surface area contributed by atoms with E-state index in [4.69, 9.17) is 0 Å². The monoisotopic (exact) mass is 351 g/mol. The normalized spacial score (nSPS) is 15.9. The van der Waals surface area contributed by atoms with Gasteiger partial charge in [-0.25, -0.2) is 13.8 Å². The number of pyridine rings is 1. The number of benzene rings is 2. The molecular formula is C20H15F2N3O. The van der Waals surface area contributed by atoms with Crippen LogP contribution in [0.25, 0.3) is 0 Å². The molecule has 1 amide bonds. The summed E-state index contributed by atoms with van der Waals surface area (Å²) in [6.45, 7) is 1.90. The molecule has 1 aliphatic heterocycles. The van der Waals surface area contributed by atoms with Crippen LogP contribution in [0.5, 0.6) is 0 Å². The molecule has 130 valence electrons. The molecule has 0 spiro atoms. The standard InChI is InChI=1S/C20H15F2N3O/c1-12-8-9-23-18(10-12)25-19(14-4-2-3-5-15(14)20(25)26)24-17-7-6-13(21)11-16(17)22/h2-11,19,24H,1H3. The molecule has 26 heavy (non-hydrogen) atoms. The number of hydrogen-bond acceptors (Lipinski definition) is 3. The molecule has 2 heterocycles. The van der Waals surface area contributed by atoms with E-state index in [0.29, 0.717) is 16.9 Å². The molecule has 1 aromatic heterocycles. The van der Waals surface area contributed by atoms with Gasteiger partial charge in [-0.2, -0.15) is 0 Å². The van der Waals surface area contributed by atoms with Crippen LogP contribution in [0.2, 0.25) is 0 Å². The van der Waals surface area contributed by atoms with Crippen molar-refractivity contribution in [3.8, 4) is 0 Å². The first-order chi connectivity index (χ1) is 12.5. The fourth-order valence-electron chi connectivity index (χ4n) is 3.10. The Bertz CT molecular complexity index is 1010. The first kappa shape index (κ1) is 16.2. The van der Waals surface area contributed by atoms with E-state index in [-0.39, 0.29) is 11.6 Å². The van der Waals surface area contributed by atoms with Crippen LogP contribution in [0.15, 0.2) is 60.8 Å². The molecule has 0 saturated carbocycles. The van der Waals surface area contributed by atoms with Gasteiger partial charge in [0.15, 0.2) is 0 Å². The van der Waals surface area contributed by atoms with Gasteiger partial charge in [-0.15, -0.1) is 0 Å². The maximum absolute atomic E-state index is 14.1. The Kier molecular flexibility index (Phi) is 3.88. The number of anilines is 2. The van der Waals surface area contributed by atoms with Crippen LogP contribution in [-0.2, 0) is 0 Å². The topological polar surface area (TPSA) is 45.2 Å². The summed E-state index contributed by atoms with van der Waals surface area (Å²) in [6.07, 6.45) is 0.976. The average Bonchev–Trinajstić information content (AvgIpc) is 2.90.